The van der Waals surface area contributed by atoms with Crippen molar-refractivity contribution in [3.8, 4) is 0 Å². The lowest BCUT2D eigenvalue weighted by molar-refractivity contribution is -0.121. The summed E-state index contributed by atoms with van der Waals surface area (Å²) in [5.41, 5.74) is -0.701. The van der Waals surface area contributed by atoms with E-state index in [-0.39, 0.29) is 18.0 Å². The van der Waals surface area contributed by atoms with E-state index in [9.17, 15) is 9.59 Å². The zero-order chi connectivity index (χ0) is 13.6. The Morgan fingerprint density at radius 2 is 2.26 bits per heavy atom. The summed E-state index contributed by atoms with van der Waals surface area (Å²) in [7, 11) is 0. The Hall–Kier alpha value is -1.50. The first-order valence-electron chi connectivity index (χ1n) is 6.33. The van der Waals surface area contributed by atoms with Gasteiger partial charge in [0.25, 0.3) is 5.91 Å². The van der Waals surface area contributed by atoms with Crippen molar-refractivity contribution >= 4 is 29.5 Å². The summed E-state index contributed by atoms with van der Waals surface area (Å²) in [6, 6.07) is 1.47. The fourth-order valence-electron chi connectivity index (χ4n) is 2.54. The Bertz CT molecular complexity index is 534. The molecular formula is C12H16N4O2S. The van der Waals surface area contributed by atoms with Gasteiger partial charge in [-0.1, -0.05) is 0 Å². The van der Waals surface area contributed by atoms with Crippen LogP contribution in [0.4, 0.5) is 10.6 Å². The maximum atomic E-state index is 12.6. The molecule has 1 atom stereocenters. The molecule has 2 fully saturated rings. The second-order valence-corrected chi connectivity index (χ2v) is 6.29. The summed E-state index contributed by atoms with van der Waals surface area (Å²) in [5, 5.41) is 7.04. The molecule has 3 heterocycles. The van der Waals surface area contributed by atoms with Crippen LogP contribution in [0, 0.1) is 0 Å². The third kappa shape index (κ3) is 1.75. The molecule has 0 saturated carbocycles. The summed E-state index contributed by atoms with van der Waals surface area (Å²) < 4.78 is 1.69. The first-order chi connectivity index (χ1) is 9.05. The van der Waals surface area contributed by atoms with Gasteiger partial charge in [0, 0.05) is 17.9 Å². The third-order valence-electron chi connectivity index (χ3n) is 3.55. The van der Waals surface area contributed by atoms with Gasteiger partial charge in [-0.2, -0.15) is 16.9 Å². The molecule has 102 valence electrons. The van der Waals surface area contributed by atoms with Gasteiger partial charge in [-0.25, -0.2) is 14.4 Å². The van der Waals surface area contributed by atoms with Gasteiger partial charge in [-0.05, 0) is 26.0 Å². The number of aromatic nitrogens is 2. The van der Waals surface area contributed by atoms with Crippen LogP contribution in [0.3, 0.4) is 0 Å². The van der Waals surface area contributed by atoms with E-state index in [0.717, 1.165) is 5.75 Å². The molecule has 3 rings (SSSR count). The molecule has 1 aromatic rings. The highest BCUT2D eigenvalue weighted by Gasteiger charge is 2.54. The van der Waals surface area contributed by atoms with Crippen molar-refractivity contribution in [2.45, 2.75) is 31.8 Å². The molecule has 1 aromatic heterocycles. The van der Waals surface area contributed by atoms with Crippen molar-refractivity contribution in [2.75, 3.05) is 16.4 Å². The van der Waals surface area contributed by atoms with Crippen molar-refractivity contribution < 1.29 is 9.59 Å². The van der Waals surface area contributed by atoms with E-state index < -0.39 is 5.54 Å². The van der Waals surface area contributed by atoms with Crippen LogP contribution in [0.5, 0.6) is 0 Å². The van der Waals surface area contributed by atoms with Crippen LogP contribution >= 0.6 is 11.8 Å². The molecule has 2 saturated heterocycles. The number of thioether (sulfide) groups is 1. The zero-order valence-electron chi connectivity index (χ0n) is 10.9. The normalized spacial score (nSPS) is 26.8. The fraction of sp³-hybridized carbons (Fsp3) is 0.583. The molecule has 3 amide bonds. The van der Waals surface area contributed by atoms with E-state index in [2.05, 4.69) is 10.4 Å². The van der Waals surface area contributed by atoms with Gasteiger partial charge in [0.1, 0.15) is 11.4 Å². The highest BCUT2D eigenvalue weighted by molar-refractivity contribution is 7.99. The lowest BCUT2D eigenvalue weighted by Crippen LogP contribution is -2.47. The molecule has 1 N–H and O–H groups in total. The third-order valence-corrected chi connectivity index (χ3v) is 4.74. The lowest BCUT2D eigenvalue weighted by Gasteiger charge is -2.20. The average Bonchev–Trinajstić information content (AvgIpc) is 3.02. The topological polar surface area (TPSA) is 67.2 Å². The van der Waals surface area contributed by atoms with E-state index >= 15 is 0 Å². The average molecular weight is 280 g/mol. The Morgan fingerprint density at radius 1 is 1.47 bits per heavy atom. The number of hydrogen-bond donors (Lipinski definition) is 1. The van der Waals surface area contributed by atoms with Gasteiger partial charge in [0.2, 0.25) is 0 Å². The van der Waals surface area contributed by atoms with E-state index in [0.29, 0.717) is 18.0 Å². The van der Waals surface area contributed by atoms with Crippen LogP contribution in [0.2, 0.25) is 0 Å². The minimum Gasteiger partial charge on any atom is -0.322 e. The van der Waals surface area contributed by atoms with Gasteiger partial charge < -0.3 is 5.32 Å². The summed E-state index contributed by atoms with van der Waals surface area (Å²) >= 11 is 1.70. The number of nitrogens with zero attached hydrogens (tertiary/aromatic N) is 3. The Balaban J connectivity index is 1.99. The quantitative estimate of drug-likeness (QED) is 0.831. The summed E-state index contributed by atoms with van der Waals surface area (Å²) in [5.74, 6) is 1.96. The van der Waals surface area contributed by atoms with Gasteiger partial charge in [-0.3, -0.25) is 4.79 Å². The predicted octanol–water partition coefficient (Wildman–Crippen LogP) is 1.40. The molecule has 0 radical (unpaired) electrons. The van der Waals surface area contributed by atoms with Crippen molar-refractivity contribution in [3.63, 3.8) is 0 Å². The number of urea groups is 1. The molecule has 7 heteroatoms. The van der Waals surface area contributed by atoms with E-state index in [1.807, 2.05) is 13.8 Å². The Labute approximate surface area is 115 Å². The molecule has 6 nitrogen and oxygen atoms in total. The highest BCUT2D eigenvalue weighted by atomic mass is 32.2. The van der Waals surface area contributed by atoms with E-state index in [1.165, 1.54) is 4.90 Å². The SMILES string of the molecule is CC(C)n1nccc1N1C(=O)N[C@]2(CCSC2)C1=O. The molecule has 1 spiro atoms. The van der Waals surface area contributed by atoms with Crippen LogP contribution < -0.4 is 10.2 Å². The number of carbonyl (C=O) groups excluding carboxylic acids is 2. The first kappa shape index (κ1) is 12.5. The molecule has 2 aliphatic heterocycles. The molecule has 19 heavy (non-hydrogen) atoms. The maximum Gasteiger partial charge on any atom is 0.330 e. The molecular weight excluding hydrogens is 264 g/mol. The largest absolute Gasteiger partial charge is 0.330 e. The van der Waals surface area contributed by atoms with Crippen LogP contribution in [0.1, 0.15) is 26.3 Å². The Morgan fingerprint density at radius 3 is 2.89 bits per heavy atom. The van der Waals surface area contributed by atoms with Crippen molar-refractivity contribution in [1.82, 2.24) is 15.1 Å². The second kappa shape index (κ2) is 4.26. The van der Waals surface area contributed by atoms with Crippen molar-refractivity contribution in [2.24, 2.45) is 0 Å². The minimum atomic E-state index is -0.701. The van der Waals surface area contributed by atoms with Crippen molar-refractivity contribution in [3.05, 3.63) is 12.3 Å². The number of carbonyl (C=O) groups is 2. The maximum absolute atomic E-state index is 12.6. The van der Waals surface area contributed by atoms with Gasteiger partial charge in [0.05, 0.1) is 6.20 Å². The highest BCUT2D eigenvalue weighted by Crippen LogP contribution is 2.35. The number of nitrogens with one attached hydrogen (secondary N) is 1. The molecule has 0 unspecified atom stereocenters. The van der Waals surface area contributed by atoms with E-state index in [1.54, 1.807) is 28.7 Å². The van der Waals surface area contributed by atoms with E-state index in [4.69, 9.17) is 0 Å². The Kier molecular flexibility index (Phi) is 2.81. The molecule has 0 aliphatic carbocycles. The van der Waals surface area contributed by atoms with Crippen LogP contribution in [-0.4, -0.2) is 38.8 Å². The molecule has 0 bridgehead atoms. The summed E-state index contributed by atoms with van der Waals surface area (Å²) in [4.78, 5) is 26.0. The number of hydrogen-bond acceptors (Lipinski definition) is 4. The minimum absolute atomic E-state index is 0.0973. The lowest BCUT2D eigenvalue weighted by atomic mass is 9.99. The van der Waals surface area contributed by atoms with Crippen LogP contribution in [0.25, 0.3) is 0 Å². The number of anilines is 1. The molecule has 2 aliphatic rings. The summed E-state index contributed by atoms with van der Waals surface area (Å²) in [6.45, 7) is 3.94. The number of amides is 3. The second-order valence-electron chi connectivity index (χ2n) is 5.18. The smallest absolute Gasteiger partial charge is 0.322 e. The standard InChI is InChI=1S/C12H16N4O2S/c1-8(2)16-9(3-5-13-16)15-10(17)12(14-11(15)18)4-6-19-7-12/h3,5,8H,4,6-7H2,1-2H3,(H,14,18)/t12-/m0/s1. The van der Waals surface area contributed by atoms with Gasteiger partial charge in [-0.15, -0.1) is 0 Å². The van der Waals surface area contributed by atoms with Crippen LogP contribution in [-0.2, 0) is 4.79 Å². The predicted molar refractivity (Wildman–Crippen MR) is 73.3 cm³/mol. The monoisotopic (exact) mass is 280 g/mol. The summed E-state index contributed by atoms with van der Waals surface area (Å²) in [6.07, 6.45) is 2.32. The fourth-order valence-corrected chi connectivity index (χ4v) is 3.87. The number of rotatable bonds is 2. The van der Waals surface area contributed by atoms with Crippen LogP contribution in [0.15, 0.2) is 12.3 Å². The zero-order valence-corrected chi connectivity index (χ0v) is 11.7. The first-order valence-corrected chi connectivity index (χ1v) is 7.48. The van der Waals surface area contributed by atoms with Gasteiger partial charge in [0.15, 0.2) is 0 Å². The van der Waals surface area contributed by atoms with Gasteiger partial charge >= 0.3 is 6.03 Å². The van der Waals surface area contributed by atoms with Crippen molar-refractivity contribution in [1.29, 1.82) is 0 Å². The molecule has 0 aromatic carbocycles. The number of imide groups is 1.